The van der Waals surface area contributed by atoms with Gasteiger partial charge in [0.15, 0.2) is 9.34 Å². The Morgan fingerprint density at radius 2 is 2.20 bits per heavy atom. The Kier molecular flexibility index (Phi) is 5.44. The van der Waals surface area contributed by atoms with Crippen LogP contribution < -0.4 is 5.32 Å². The predicted molar refractivity (Wildman–Crippen MR) is 99.6 cm³/mol. The minimum Gasteiger partial charge on any atom is -0.369 e. The lowest BCUT2D eigenvalue weighted by molar-refractivity contribution is -0.114. The fraction of sp³-hybridized carbons (Fsp3) is 0.400. The fourth-order valence-electron chi connectivity index (χ4n) is 2.93. The number of amides is 1. The van der Waals surface area contributed by atoms with Gasteiger partial charge in [-0.05, 0) is 6.07 Å². The number of rotatable bonds is 5. The van der Waals surface area contributed by atoms with Gasteiger partial charge in [-0.15, -0.1) is 0 Å². The van der Waals surface area contributed by atoms with Crippen LogP contribution in [0.3, 0.4) is 0 Å². The van der Waals surface area contributed by atoms with Crippen molar-refractivity contribution in [2.45, 2.75) is 23.7 Å². The molecule has 1 atom stereocenters. The van der Waals surface area contributed by atoms with Crippen molar-refractivity contribution < 1.29 is 26.7 Å². The molecule has 3 aromatic rings. The van der Waals surface area contributed by atoms with Crippen molar-refractivity contribution in [1.29, 1.82) is 0 Å². The number of halogens is 2. The SMILES string of the molecule is CC(=O)Nc1ncc(S(=O)(=O)N2CCOC(c3cc(C(F)F)nc4ncnn34)C2)s1. The molecule has 4 heterocycles. The molecule has 160 valence electrons. The Balaban J connectivity index is 1.64. The molecular formula is C15H15F2N7O4S2. The van der Waals surface area contributed by atoms with Crippen molar-refractivity contribution in [2.24, 2.45) is 0 Å². The third-order valence-corrected chi connectivity index (χ3v) is 7.46. The number of hydrogen-bond donors (Lipinski definition) is 1. The van der Waals surface area contributed by atoms with E-state index in [1.165, 1.54) is 22.1 Å². The highest BCUT2D eigenvalue weighted by molar-refractivity contribution is 7.91. The van der Waals surface area contributed by atoms with Crippen LogP contribution in [0.15, 0.2) is 22.8 Å². The Morgan fingerprint density at radius 3 is 2.93 bits per heavy atom. The van der Waals surface area contributed by atoms with Crippen LogP contribution in [-0.4, -0.2) is 62.9 Å². The van der Waals surface area contributed by atoms with E-state index >= 15 is 0 Å². The molecule has 1 aliphatic rings. The number of carbonyl (C=O) groups is 1. The summed E-state index contributed by atoms with van der Waals surface area (Å²) >= 11 is 0.819. The number of ether oxygens (including phenoxy) is 1. The number of hydrogen-bond acceptors (Lipinski definition) is 9. The smallest absolute Gasteiger partial charge is 0.280 e. The molecule has 1 fully saturated rings. The maximum atomic E-state index is 13.2. The first-order valence-corrected chi connectivity index (χ1v) is 10.9. The highest BCUT2D eigenvalue weighted by Crippen LogP contribution is 2.31. The van der Waals surface area contributed by atoms with Crippen LogP contribution in [0, 0.1) is 0 Å². The lowest BCUT2D eigenvalue weighted by atomic mass is 10.2. The average Bonchev–Trinajstić information content (AvgIpc) is 3.36. The number of aromatic nitrogens is 5. The van der Waals surface area contributed by atoms with E-state index in [1.54, 1.807) is 0 Å². The first-order valence-electron chi connectivity index (χ1n) is 8.59. The van der Waals surface area contributed by atoms with Crippen molar-refractivity contribution in [3.05, 3.63) is 30.0 Å². The van der Waals surface area contributed by atoms with E-state index in [-0.39, 0.29) is 46.4 Å². The molecule has 0 aliphatic carbocycles. The molecule has 0 aromatic carbocycles. The molecule has 0 saturated carbocycles. The summed E-state index contributed by atoms with van der Waals surface area (Å²) in [6, 6.07) is 1.13. The van der Waals surface area contributed by atoms with E-state index in [0.29, 0.717) is 0 Å². The van der Waals surface area contributed by atoms with Crippen LogP contribution >= 0.6 is 11.3 Å². The zero-order valence-electron chi connectivity index (χ0n) is 15.4. The Morgan fingerprint density at radius 1 is 1.40 bits per heavy atom. The summed E-state index contributed by atoms with van der Waals surface area (Å²) in [7, 11) is -3.94. The van der Waals surface area contributed by atoms with Gasteiger partial charge < -0.3 is 10.1 Å². The number of morpholine rings is 1. The molecule has 1 saturated heterocycles. The van der Waals surface area contributed by atoms with Crippen molar-refractivity contribution in [2.75, 3.05) is 25.0 Å². The Labute approximate surface area is 172 Å². The first-order chi connectivity index (χ1) is 14.3. The summed E-state index contributed by atoms with van der Waals surface area (Å²) in [5.74, 6) is -0.405. The summed E-state index contributed by atoms with van der Waals surface area (Å²) < 4.78 is 60.5. The van der Waals surface area contributed by atoms with Crippen LogP contribution in [0.4, 0.5) is 13.9 Å². The molecule has 1 aliphatic heterocycles. The van der Waals surface area contributed by atoms with Gasteiger partial charge in [0.1, 0.15) is 18.1 Å². The van der Waals surface area contributed by atoms with E-state index < -0.39 is 28.2 Å². The van der Waals surface area contributed by atoms with Crippen molar-refractivity contribution in [3.8, 4) is 0 Å². The number of fused-ring (bicyclic) bond motifs is 1. The minimum absolute atomic E-state index is 0.0335. The summed E-state index contributed by atoms with van der Waals surface area (Å²) in [6.07, 6.45) is -1.37. The molecule has 1 unspecified atom stereocenters. The molecule has 3 aromatic heterocycles. The molecule has 11 nitrogen and oxygen atoms in total. The molecule has 1 N–H and O–H groups in total. The van der Waals surface area contributed by atoms with Crippen LogP contribution in [0.1, 0.15) is 30.8 Å². The van der Waals surface area contributed by atoms with Gasteiger partial charge in [-0.3, -0.25) is 4.79 Å². The number of nitrogens with zero attached hydrogens (tertiary/aromatic N) is 6. The third kappa shape index (κ3) is 3.88. The molecule has 15 heteroatoms. The average molecular weight is 459 g/mol. The van der Waals surface area contributed by atoms with Crippen LogP contribution in [0.5, 0.6) is 0 Å². The van der Waals surface area contributed by atoms with E-state index in [9.17, 15) is 22.0 Å². The van der Waals surface area contributed by atoms with E-state index in [2.05, 4.69) is 25.4 Å². The second kappa shape index (κ2) is 7.90. The summed E-state index contributed by atoms with van der Waals surface area (Å²) in [5.41, 5.74) is -0.285. The van der Waals surface area contributed by atoms with Gasteiger partial charge in [0.25, 0.3) is 22.2 Å². The van der Waals surface area contributed by atoms with Crippen LogP contribution in [-0.2, 0) is 19.6 Å². The van der Waals surface area contributed by atoms with E-state index in [0.717, 1.165) is 23.6 Å². The topological polar surface area (TPSA) is 132 Å². The van der Waals surface area contributed by atoms with Crippen LogP contribution in [0.2, 0.25) is 0 Å². The molecular weight excluding hydrogens is 444 g/mol. The Hall–Kier alpha value is -2.62. The van der Waals surface area contributed by atoms with Crippen molar-refractivity contribution in [1.82, 2.24) is 28.9 Å². The van der Waals surface area contributed by atoms with Gasteiger partial charge in [-0.25, -0.2) is 27.2 Å². The van der Waals surface area contributed by atoms with Gasteiger partial charge in [0.05, 0.1) is 18.5 Å². The third-order valence-electron chi connectivity index (χ3n) is 4.24. The van der Waals surface area contributed by atoms with Crippen molar-refractivity contribution in [3.63, 3.8) is 0 Å². The molecule has 4 rings (SSSR count). The van der Waals surface area contributed by atoms with Crippen molar-refractivity contribution >= 4 is 38.2 Å². The molecule has 0 spiro atoms. The van der Waals surface area contributed by atoms with E-state index in [1.807, 2.05) is 0 Å². The van der Waals surface area contributed by atoms with Gasteiger partial charge in [-0.1, -0.05) is 11.3 Å². The highest BCUT2D eigenvalue weighted by atomic mass is 32.2. The van der Waals surface area contributed by atoms with Gasteiger partial charge in [0.2, 0.25) is 5.91 Å². The largest absolute Gasteiger partial charge is 0.369 e. The molecule has 30 heavy (non-hydrogen) atoms. The molecule has 0 radical (unpaired) electrons. The lowest BCUT2D eigenvalue weighted by Gasteiger charge is -2.31. The monoisotopic (exact) mass is 459 g/mol. The fourth-order valence-corrected chi connectivity index (χ4v) is 5.59. The second-order valence-corrected chi connectivity index (χ2v) is 9.46. The molecule has 1 amide bonds. The zero-order valence-corrected chi connectivity index (χ0v) is 17.0. The lowest BCUT2D eigenvalue weighted by Crippen LogP contribution is -2.42. The Bertz CT molecular complexity index is 1200. The van der Waals surface area contributed by atoms with Crippen LogP contribution in [0.25, 0.3) is 5.78 Å². The minimum atomic E-state index is -3.94. The predicted octanol–water partition coefficient (Wildman–Crippen LogP) is 1.24. The first kappa shape index (κ1) is 20.6. The quantitative estimate of drug-likeness (QED) is 0.603. The highest BCUT2D eigenvalue weighted by Gasteiger charge is 2.34. The number of anilines is 1. The second-order valence-electron chi connectivity index (χ2n) is 6.27. The normalized spacial score (nSPS) is 18.2. The summed E-state index contributed by atoms with van der Waals surface area (Å²) in [4.78, 5) is 22.6. The maximum Gasteiger partial charge on any atom is 0.280 e. The standard InChI is InChI=1S/C15H15F2N7O4S2/c1-8(25)21-15-18-5-12(29-15)30(26,27)23-2-3-28-11(6-23)10-4-9(13(16)17)22-14-19-7-20-24(10)14/h4-5,7,11,13H,2-3,6H2,1H3,(H,18,21,25). The molecule has 0 bridgehead atoms. The summed E-state index contributed by atoms with van der Waals surface area (Å²) in [5, 5.41) is 6.56. The number of carbonyl (C=O) groups excluding carboxylic acids is 1. The summed E-state index contributed by atoms with van der Waals surface area (Å²) in [6.45, 7) is 1.27. The number of alkyl halides is 2. The van der Waals surface area contributed by atoms with Gasteiger partial charge in [0, 0.05) is 20.0 Å². The number of thiazole rings is 1. The number of sulfonamides is 1. The maximum absolute atomic E-state index is 13.2. The van der Waals surface area contributed by atoms with E-state index in [4.69, 9.17) is 4.74 Å². The van der Waals surface area contributed by atoms with Gasteiger partial charge in [-0.2, -0.15) is 18.9 Å². The number of nitrogens with one attached hydrogen (secondary N) is 1. The van der Waals surface area contributed by atoms with Gasteiger partial charge >= 0.3 is 0 Å². The zero-order chi connectivity index (χ0) is 21.5.